The number of H-pyrrole nitrogens is 1. The Morgan fingerprint density at radius 1 is 1.19 bits per heavy atom. The number of carbonyl (C=O) groups is 1. The number of nitrogens with one attached hydrogen (secondary N) is 1. The number of carbonyl (C=O) groups excluding carboxylic acids is 1. The van der Waals surface area contributed by atoms with Crippen LogP contribution in [0.2, 0.25) is 0 Å². The van der Waals surface area contributed by atoms with Crippen molar-refractivity contribution >= 4 is 28.1 Å². The summed E-state index contributed by atoms with van der Waals surface area (Å²) in [5, 5.41) is 7.76. The van der Waals surface area contributed by atoms with Gasteiger partial charge >= 0.3 is 0 Å². The highest BCUT2D eigenvalue weighted by atomic mass is 32.1. The first-order valence-corrected chi connectivity index (χ1v) is 11.4. The Kier molecular flexibility index (Phi) is 5.19. The molecule has 0 bridgehead atoms. The smallest absolute Gasteiger partial charge is 0.267 e. The van der Waals surface area contributed by atoms with E-state index < -0.39 is 0 Å². The molecule has 4 aromatic rings. The van der Waals surface area contributed by atoms with E-state index in [9.17, 15) is 9.59 Å². The molecular weight excluding hydrogens is 408 g/mol. The molecule has 1 aliphatic heterocycles. The molecule has 6 nitrogen and oxygen atoms in total. The highest BCUT2D eigenvalue weighted by molar-refractivity contribution is 7.13. The van der Waals surface area contributed by atoms with Crippen LogP contribution in [0.15, 0.2) is 64.9 Å². The van der Waals surface area contributed by atoms with Crippen LogP contribution < -0.4 is 5.56 Å². The zero-order valence-electron chi connectivity index (χ0n) is 17.3. The molecule has 4 heterocycles. The third-order valence-corrected chi connectivity index (χ3v) is 7.03. The molecule has 158 valence electrons. The first-order valence-electron chi connectivity index (χ1n) is 10.6. The van der Waals surface area contributed by atoms with Gasteiger partial charge in [-0.2, -0.15) is 5.10 Å². The highest BCUT2D eigenvalue weighted by Crippen LogP contribution is 2.29. The topological polar surface area (TPSA) is 71.0 Å². The number of likely N-dealkylation sites (tertiary alicyclic amines) is 1. The second kappa shape index (κ2) is 8.15. The van der Waals surface area contributed by atoms with Gasteiger partial charge in [0.05, 0.1) is 17.3 Å². The number of rotatable bonds is 4. The molecule has 0 saturated carbocycles. The first kappa shape index (κ1) is 19.8. The van der Waals surface area contributed by atoms with Crippen molar-refractivity contribution in [1.82, 2.24) is 19.7 Å². The van der Waals surface area contributed by atoms with E-state index in [0.29, 0.717) is 19.5 Å². The molecule has 5 rings (SSSR count). The zero-order chi connectivity index (χ0) is 21.4. The zero-order valence-corrected chi connectivity index (χ0v) is 18.1. The quantitative estimate of drug-likeness (QED) is 0.528. The van der Waals surface area contributed by atoms with Crippen LogP contribution in [-0.2, 0) is 11.2 Å². The summed E-state index contributed by atoms with van der Waals surface area (Å²) >= 11 is 1.61. The number of aromatic nitrogens is 3. The van der Waals surface area contributed by atoms with Gasteiger partial charge in [-0.3, -0.25) is 9.59 Å². The van der Waals surface area contributed by atoms with Crippen LogP contribution in [0.3, 0.4) is 0 Å². The predicted octanol–water partition coefficient (Wildman–Crippen LogP) is 4.11. The minimum Gasteiger partial charge on any atom is -0.361 e. The van der Waals surface area contributed by atoms with Crippen molar-refractivity contribution in [3.8, 4) is 10.6 Å². The minimum atomic E-state index is -0.0873. The molecule has 31 heavy (non-hydrogen) atoms. The van der Waals surface area contributed by atoms with Crippen molar-refractivity contribution in [2.75, 3.05) is 13.1 Å². The summed E-state index contributed by atoms with van der Waals surface area (Å²) in [6.07, 6.45) is 3.04. The molecular formula is C24H24N4O2S. The number of thiophene rings is 1. The van der Waals surface area contributed by atoms with Crippen molar-refractivity contribution in [2.45, 2.75) is 25.8 Å². The van der Waals surface area contributed by atoms with Crippen molar-refractivity contribution in [1.29, 1.82) is 0 Å². The van der Waals surface area contributed by atoms with E-state index in [4.69, 9.17) is 0 Å². The summed E-state index contributed by atoms with van der Waals surface area (Å²) in [5.41, 5.74) is 2.81. The fraction of sp³-hybridized carbons (Fsp3) is 0.292. The van der Waals surface area contributed by atoms with E-state index in [1.807, 2.05) is 52.9 Å². The van der Waals surface area contributed by atoms with E-state index in [0.717, 1.165) is 33.5 Å². The minimum absolute atomic E-state index is 0.00967. The number of aromatic amines is 1. The first-order chi connectivity index (χ1) is 15.1. The summed E-state index contributed by atoms with van der Waals surface area (Å²) in [6, 6.07) is 15.4. The Hall–Kier alpha value is -3.19. The van der Waals surface area contributed by atoms with Gasteiger partial charge in [0, 0.05) is 36.3 Å². The number of benzene rings is 1. The van der Waals surface area contributed by atoms with Gasteiger partial charge in [0.15, 0.2) is 0 Å². The molecule has 7 heteroatoms. The second-order valence-corrected chi connectivity index (χ2v) is 9.14. The molecule has 3 aromatic heterocycles. The number of fused-ring (bicyclic) bond motifs is 1. The summed E-state index contributed by atoms with van der Waals surface area (Å²) in [5.74, 6) is 0.271. The van der Waals surface area contributed by atoms with Crippen molar-refractivity contribution in [3.63, 3.8) is 0 Å². The van der Waals surface area contributed by atoms with Crippen molar-refractivity contribution < 1.29 is 4.79 Å². The van der Waals surface area contributed by atoms with Gasteiger partial charge in [-0.25, -0.2) is 4.68 Å². The number of hydrogen-bond donors (Lipinski definition) is 1. The molecule has 2 atom stereocenters. The lowest BCUT2D eigenvalue weighted by Gasteiger charge is -2.37. The van der Waals surface area contributed by atoms with E-state index in [2.05, 4.69) is 17.0 Å². The number of nitrogens with zero attached hydrogens (tertiary/aromatic N) is 3. The van der Waals surface area contributed by atoms with Crippen LogP contribution >= 0.6 is 11.3 Å². The van der Waals surface area contributed by atoms with Crippen molar-refractivity contribution in [3.05, 3.63) is 76.0 Å². The third kappa shape index (κ3) is 3.81. The molecule has 0 aliphatic carbocycles. The lowest BCUT2D eigenvalue weighted by molar-refractivity contribution is -0.132. The molecule has 0 spiro atoms. The molecule has 0 radical (unpaired) electrons. The van der Waals surface area contributed by atoms with Gasteiger partial charge in [-0.1, -0.05) is 31.2 Å². The summed E-state index contributed by atoms with van der Waals surface area (Å²) in [7, 11) is 0. The Labute approximate surface area is 184 Å². The average molecular weight is 433 g/mol. The van der Waals surface area contributed by atoms with Crippen LogP contribution in [0.25, 0.3) is 21.5 Å². The van der Waals surface area contributed by atoms with E-state index in [1.165, 1.54) is 0 Å². The SMILES string of the molecule is C[C@@H]1CN(C(=O)Cc2c[nH]c3ccccc23)CC[C@H]1n1nc(-c2cccs2)ccc1=O. The fourth-order valence-corrected chi connectivity index (χ4v) is 5.18. The maximum atomic E-state index is 13.0. The maximum Gasteiger partial charge on any atom is 0.267 e. The predicted molar refractivity (Wildman–Crippen MR) is 123 cm³/mol. The number of hydrogen-bond acceptors (Lipinski definition) is 4. The van der Waals surface area contributed by atoms with E-state index >= 15 is 0 Å². The standard InChI is InChI=1S/C24H24N4O2S/c1-16-15-27(24(30)13-17-14-25-19-6-3-2-5-18(17)19)11-10-21(16)28-23(29)9-8-20(26-28)22-7-4-12-31-22/h2-9,12,14,16,21,25H,10-11,13,15H2,1H3/t16-,21-/m1/s1. The van der Waals surface area contributed by atoms with Crippen LogP contribution in [0.4, 0.5) is 0 Å². The van der Waals surface area contributed by atoms with Crippen molar-refractivity contribution in [2.24, 2.45) is 5.92 Å². The number of piperidine rings is 1. The molecule has 1 fully saturated rings. The highest BCUT2D eigenvalue weighted by Gasteiger charge is 2.31. The van der Waals surface area contributed by atoms with Gasteiger partial charge in [-0.05, 0) is 41.5 Å². The molecule has 1 N–H and O–H groups in total. The number of amides is 1. The summed E-state index contributed by atoms with van der Waals surface area (Å²) in [4.78, 5) is 31.8. The average Bonchev–Trinajstić information content (AvgIpc) is 3.45. The lowest BCUT2D eigenvalue weighted by Crippen LogP contribution is -2.46. The lowest BCUT2D eigenvalue weighted by atomic mass is 9.93. The summed E-state index contributed by atoms with van der Waals surface area (Å²) in [6.45, 7) is 3.36. The molecule has 1 amide bonds. The summed E-state index contributed by atoms with van der Waals surface area (Å²) < 4.78 is 1.63. The van der Waals surface area contributed by atoms with Gasteiger partial charge in [0.1, 0.15) is 5.69 Å². The molecule has 1 saturated heterocycles. The largest absolute Gasteiger partial charge is 0.361 e. The Bertz CT molecular complexity index is 1270. The van der Waals surface area contributed by atoms with Crippen LogP contribution in [-0.4, -0.2) is 38.7 Å². The maximum absolute atomic E-state index is 13.0. The van der Waals surface area contributed by atoms with Crippen LogP contribution in [0.5, 0.6) is 0 Å². The Morgan fingerprint density at radius 2 is 2.06 bits per heavy atom. The van der Waals surface area contributed by atoms with Gasteiger partial charge in [0.25, 0.3) is 5.56 Å². The molecule has 1 aliphatic rings. The Morgan fingerprint density at radius 3 is 2.87 bits per heavy atom. The monoisotopic (exact) mass is 432 g/mol. The second-order valence-electron chi connectivity index (χ2n) is 8.19. The molecule has 1 aromatic carbocycles. The van der Waals surface area contributed by atoms with Gasteiger partial charge in [0.2, 0.25) is 5.91 Å². The third-order valence-electron chi connectivity index (χ3n) is 6.14. The van der Waals surface area contributed by atoms with Gasteiger partial charge < -0.3 is 9.88 Å². The van der Waals surface area contributed by atoms with E-state index in [1.54, 1.807) is 28.2 Å². The molecule has 0 unspecified atom stereocenters. The normalized spacial score (nSPS) is 19.1. The van der Waals surface area contributed by atoms with Crippen LogP contribution in [0.1, 0.15) is 24.9 Å². The van der Waals surface area contributed by atoms with E-state index in [-0.39, 0.29) is 23.4 Å². The Balaban J connectivity index is 1.31. The van der Waals surface area contributed by atoms with Gasteiger partial charge in [-0.15, -0.1) is 11.3 Å². The number of para-hydroxylation sites is 1. The van der Waals surface area contributed by atoms with Crippen LogP contribution in [0, 0.1) is 5.92 Å². The fourth-order valence-electron chi connectivity index (χ4n) is 4.49.